The van der Waals surface area contributed by atoms with Crippen molar-refractivity contribution in [3.8, 4) is 6.01 Å². The van der Waals surface area contributed by atoms with Crippen LogP contribution in [0, 0.1) is 0 Å². The summed E-state index contributed by atoms with van der Waals surface area (Å²) < 4.78 is 6.74. The molecule has 0 aliphatic carbocycles. The Kier molecular flexibility index (Phi) is 2.07. The van der Waals surface area contributed by atoms with E-state index in [0.717, 1.165) is 11.0 Å². The van der Waals surface area contributed by atoms with Crippen LogP contribution in [0.5, 0.6) is 6.01 Å². The van der Waals surface area contributed by atoms with Crippen LogP contribution in [-0.4, -0.2) is 27.7 Å². The zero-order chi connectivity index (χ0) is 11.0. The van der Waals surface area contributed by atoms with Gasteiger partial charge >= 0.3 is 5.97 Å². The zero-order valence-corrected chi connectivity index (χ0v) is 8.39. The summed E-state index contributed by atoms with van der Waals surface area (Å²) >= 11 is 0. The third-order valence-corrected chi connectivity index (χ3v) is 2.27. The second-order valence-electron chi connectivity index (χ2n) is 3.17. The summed E-state index contributed by atoms with van der Waals surface area (Å²) in [6.07, 6.45) is 0. The fourth-order valence-electron chi connectivity index (χ4n) is 1.48. The summed E-state index contributed by atoms with van der Waals surface area (Å²) in [6.45, 7) is 0. The van der Waals surface area contributed by atoms with Gasteiger partial charge in [-0.3, -0.25) is 4.57 Å². The van der Waals surface area contributed by atoms with E-state index in [2.05, 4.69) is 4.98 Å². The van der Waals surface area contributed by atoms with Gasteiger partial charge in [0.05, 0.1) is 23.7 Å². The first kappa shape index (κ1) is 9.51. The summed E-state index contributed by atoms with van der Waals surface area (Å²) in [6, 6.07) is 5.23. The highest BCUT2D eigenvalue weighted by atomic mass is 16.5. The van der Waals surface area contributed by atoms with E-state index in [1.807, 2.05) is 0 Å². The Labute approximate surface area is 85.9 Å². The number of aryl methyl sites for hydroxylation is 1. The molecule has 0 aliphatic heterocycles. The number of carbonyl (C=O) groups is 1. The van der Waals surface area contributed by atoms with Gasteiger partial charge in [0.2, 0.25) is 0 Å². The van der Waals surface area contributed by atoms with Crippen LogP contribution in [-0.2, 0) is 7.05 Å². The van der Waals surface area contributed by atoms with Gasteiger partial charge in [-0.15, -0.1) is 0 Å². The van der Waals surface area contributed by atoms with Crippen molar-refractivity contribution in [2.24, 2.45) is 7.05 Å². The maximum Gasteiger partial charge on any atom is 0.335 e. The minimum atomic E-state index is -0.947. The maximum absolute atomic E-state index is 10.8. The molecule has 0 unspecified atom stereocenters. The van der Waals surface area contributed by atoms with Crippen LogP contribution < -0.4 is 4.74 Å². The number of hydrogen-bond donors (Lipinski definition) is 1. The first-order chi connectivity index (χ1) is 7.13. The average Bonchev–Trinajstić information content (AvgIpc) is 2.55. The SMILES string of the molecule is COc1nc2ccc(C(=O)O)cc2n1C. The van der Waals surface area contributed by atoms with E-state index in [1.165, 1.54) is 13.2 Å². The third kappa shape index (κ3) is 1.41. The van der Waals surface area contributed by atoms with Gasteiger partial charge in [0.15, 0.2) is 0 Å². The third-order valence-electron chi connectivity index (χ3n) is 2.27. The van der Waals surface area contributed by atoms with Crippen molar-refractivity contribution in [3.05, 3.63) is 23.8 Å². The monoisotopic (exact) mass is 206 g/mol. The molecule has 0 radical (unpaired) electrons. The first-order valence-electron chi connectivity index (χ1n) is 4.37. The highest BCUT2D eigenvalue weighted by Gasteiger charge is 2.10. The Morgan fingerprint density at radius 2 is 2.27 bits per heavy atom. The van der Waals surface area contributed by atoms with Crippen molar-refractivity contribution in [1.29, 1.82) is 0 Å². The number of nitrogens with zero attached hydrogens (tertiary/aromatic N) is 2. The predicted octanol–water partition coefficient (Wildman–Crippen LogP) is 1.28. The van der Waals surface area contributed by atoms with Crippen molar-refractivity contribution in [2.45, 2.75) is 0 Å². The standard InChI is InChI=1S/C10H10N2O3/c1-12-8-5-6(9(13)14)3-4-7(8)11-10(12)15-2/h3-5H,1-2H3,(H,13,14). The fourth-order valence-corrected chi connectivity index (χ4v) is 1.48. The molecule has 0 bridgehead atoms. The lowest BCUT2D eigenvalue weighted by Crippen LogP contribution is -1.97. The number of aromatic carboxylic acids is 1. The number of fused-ring (bicyclic) bond motifs is 1. The van der Waals surface area contributed by atoms with Crippen molar-refractivity contribution in [3.63, 3.8) is 0 Å². The Morgan fingerprint density at radius 3 is 2.87 bits per heavy atom. The van der Waals surface area contributed by atoms with E-state index >= 15 is 0 Å². The number of benzene rings is 1. The second kappa shape index (κ2) is 3.27. The fraction of sp³-hybridized carbons (Fsp3) is 0.200. The normalized spacial score (nSPS) is 10.5. The average molecular weight is 206 g/mol. The van der Waals surface area contributed by atoms with Crippen LogP contribution in [0.15, 0.2) is 18.2 Å². The molecular formula is C10H10N2O3. The molecule has 1 aromatic heterocycles. The smallest absolute Gasteiger partial charge is 0.335 e. The van der Waals surface area contributed by atoms with Gasteiger partial charge in [-0.2, -0.15) is 4.98 Å². The molecule has 0 spiro atoms. The minimum Gasteiger partial charge on any atom is -0.478 e. The van der Waals surface area contributed by atoms with E-state index in [1.54, 1.807) is 23.7 Å². The molecular weight excluding hydrogens is 196 g/mol. The summed E-state index contributed by atoms with van der Waals surface area (Å²) in [5, 5.41) is 8.84. The van der Waals surface area contributed by atoms with Gasteiger partial charge in [-0.1, -0.05) is 0 Å². The molecule has 0 atom stereocenters. The molecule has 2 aromatic rings. The number of hydrogen-bond acceptors (Lipinski definition) is 3. The Hall–Kier alpha value is -2.04. The summed E-state index contributed by atoms with van der Waals surface area (Å²) in [5.41, 5.74) is 1.71. The maximum atomic E-state index is 10.8. The van der Waals surface area contributed by atoms with E-state index in [-0.39, 0.29) is 5.56 Å². The molecule has 0 amide bonds. The molecule has 5 nitrogen and oxygen atoms in total. The number of methoxy groups -OCH3 is 1. The molecule has 0 saturated heterocycles. The second-order valence-corrected chi connectivity index (χ2v) is 3.17. The Morgan fingerprint density at radius 1 is 1.53 bits per heavy atom. The summed E-state index contributed by atoms with van der Waals surface area (Å²) in [5.74, 6) is -0.947. The predicted molar refractivity (Wildman–Crippen MR) is 54.2 cm³/mol. The largest absolute Gasteiger partial charge is 0.478 e. The van der Waals surface area contributed by atoms with Crippen LogP contribution in [0.25, 0.3) is 11.0 Å². The van der Waals surface area contributed by atoms with Gasteiger partial charge in [0, 0.05) is 7.05 Å². The van der Waals surface area contributed by atoms with Crippen molar-refractivity contribution in [1.82, 2.24) is 9.55 Å². The van der Waals surface area contributed by atoms with Crippen LogP contribution >= 0.6 is 0 Å². The number of ether oxygens (including phenoxy) is 1. The van der Waals surface area contributed by atoms with Crippen LogP contribution in [0.1, 0.15) is 10.4 Å². The van der Waals surface area contributed by atoms with Crippen molar-refractivity contribution >= 4 is 17.0 Å². The minimum absolute atomic E-state index is 0.244. The van der Waals surface area contributed by atoms with Gasteiger partial charge in [0.1, 0.15) is 0 Å². The lowest BCUT2D eigenvalue weighted by atomic mass is 10.2. The lowest BCUT2D eigenvalue weighted by Gasteiger charge is -1.99. The molecule has 2 rings (SSSR count). The summed E-state index contributed by atoms with van der Waals surface area (Å²) in [4.78, 5) is 15.0. The van der Waals surface area contributed by atoms with Gasteiger partial charge in [-0.25, -0.2) is 4.79 Å². The van der Waals surface area contributed by atoms with Crippen molar-refractivity contribution < 1.29 is 14.6 Å². The van der Waals surface area contributed by atoms with Crippen LogP contribution in [0.4, 0.5) is 0 Å². The van der Waals surface area contributed by atoms with Gasteiger partial charge in [-0.05, 0) is 18.2 Å². The van der Waals surface area contributed by atoms with Gasteiger partial charge in [0.25, 0.3) is 6.01 Å². The molecule has 0 saturated carbocycles. The van der Waals surface area contributed by atoms with E-state index in [9.17, 15) is 4.79 Å². The van der Waals surface area contributed by atoms with E-state index in [0.29, 0.717) is 6.01 Å². The number of carboxylic acids is 1. The molecule has 0 fully saturated rings. The number of aromatic nitrogens is 2. The molecule has 1 aromatic carbocycles. The van der Waals surface area contributed by atoms with Gasteiger partial charge < -0.3 is 9.84 Å². The van der Waals surface area contributed by atoms with Crippen LogP contribution in [0.3, 0.4) is 0 Å². The molecule has 0 aliphatic rings. The number of imidazole rings is 1. The molecule has 1 N–H and O–H groups in total. The number of carboxylic acid groups (broad SMARTS) is 1. The zero-order valence-electron chi connectivity index (χ0n) is 8.39. The molecule has 5 heteroatoms. The Bertz CT molecular complexity index is 531. The molecule has 15 heavy (non-hydrogen) atoms. The topological polar surface area (TPSA) is 64.3 Å². The van der Waals surface area contributed by atoms with Crippen molar-refractivity contribution in [2.75, 3.05) is 7.11 Å². The van der Waals surface area contributed by atoms with Crippen LogP contribution in [0.2, 0.25) is 0 Å². The lowest BCUT2D eigenvalue weighted by molar-refractivity contribution is 0.0697. The summed E-state index contributed by atoms with van der Waals surface area (Å²) in [7, 11) is 3.30. The number of rotatable bonds is 2. The van der Waals surface area contributed by atoms with E-state index in [4.69, 9.17) is 9.84 Å². The first-order valence-corrected chi connectivity index (χ1v) is 4.37. The molecule has 1 heterocycles. The Balaban J connectivity index is 2.70. The van der Waals surface area contributed by atoms with E-state index < -0.39 is 5.97 Å². The molecule has 78 valence electrons. The highest BCUT2D eigenvalue weighted by molar-refractivity contribution is 5.92. The highest BCUT2D eigenvalue weighted by Crippen LogP contribution is 2.20. The quantitative estimate of drug-likeness (QED) is 0.803.